The minimum absolute atomic E-state index is 0.00518. The lowest BCUT2D eigenvalue weighted by Crippen LogP contribution is -2.46. The number of alkyl carbamates (subject to hydrolysis) is 1. The first kappa shape index (κ1) is 26.2. The summed E-state index contributed by atoms with van der Waals surface area (Å²) in [6.07, 6.45) is -0.530. The lowest BCUT2D eigenvalue weighted by atomic mass is 10.1. The molecule has 178 valence electrons. The quantitative estimate of drug-likeness (QED) is 0.269. The van der Waals surface area contributed by atoms with Crippen molar-refractivity contribution in [3.8, 4) is 0 Å². The van der Waals surface area contributed by atoms with Crippen molar-refractivity contribution < 1.29 is 19.4 Å². The number of nitro benzene ring substituents is 2. The van der Waals surface area contributed by atoms with Crippen LogP contribution in [-0.2, 0) is 17.8 Å². The number of nitro groups is 2. The molecule has 0 radical (unpaired) electrons. The summed E-state index contributed by atoms with van der Waals surface area (Å²) in [4.78, 5) is 35.2. The van der Waals surface area contributed by atoms with Gasteiger partial charge in [0.15, 0.2) is 0 Å². The Hall–Kier alpha value is -3.05. The standard InChI is InChI=1S/C22H27BrN4O6/c1-22(2,3)33-21(28)24-18(12-23)15-25(13-16-4-8-19(9-5-16)26(29)30)14-17-6-10-20(11-7-17)27(31)32/h4-11,18H,12-15H2,1-3H3,(H,24,28). The van der Waals surface area contributed by atoms with E-state index in [0.29, 0.717) is 25.0 Å². The maximum Gasteiger partial charge on any atom is 0.407 e. The van der Waals surface area contributed by atoms with Crippen molar-refractivity contribution >= 4 is 33.4 Å². The monoisotopic (exact) mass is 522 g/mol. The maximum atomic E-state index is 12.2. The summed E-state index contributed by atoms with van der Waals surface area (Å²) in [6, 6.07) is 12.2. The van der Waals surface area contributed by atoms with Crippen molar-refractivity contribution in [1.82, 2.24) is 10.2 Å². The third kappa shape index (κ3) is 9.15. The molecule has 0 aliphatic rings. The van der Waals surface area contributed by atoms with Crippen molar-refractivity contribution in [1.29, 1.82) is 0 Å². The molecule has 33 heavy (non-hydrogen) atoms. The van der Waals surface area contributed by atoms with Crippen LogP contribution in [-0.4, -0.2) is 44.4 Å². The second-order valence-electron chi connectivity index (χ2n) is 8.51. The van der Waals surface area contributed by atoms with Gasteiger partial charge in [-0.25, -0.2) is 4.79 Å². The number of nitrogens with zero attached hydrogens (tertiary/aromatic N) is 3. The van der Waals surface area contributed by atoms with Gasteiger partial charge in [0.25, 0.3) is 11.4 Å². The summed E-state index contributed by atoms with van der Waals surface area (Å²) in [5, 5.41) is 25.2. The molecule has 1 unspecified atom stereocenters. The number of ether oxygens (including phenoxy) is 1. The molecule has 0 heterocycles. The van der Waals surface area contributed by atoms with Gasteiger partial charge in [0.1, 0.15) is 5.60 Å². The van der Waals surface area contributed by atoms with Crippen molar-refractivity contribution in [3.63, 3.8) is 0 Å². The number of hydrogen-bond acceptors (Lipinski definition) is 7. The molecule has 2 aromatic carbocycles. The first-order chi connectivity index (χ1) is 15.5. The highest BCUT2D eigenvalue weighted by Gasteiger charge is 2.21. The summed E-state index contributed by atoms with van der Waals surface area (Å²) < 4.78 is 5.34. The van der Waals surface area contributed by atoms with Crippen LogP contribution in [0.25, 0.3) is 0 Å². The van der Waals surface area contributed by atoms with Crippen LogP contribution >= 0.6 is 15.9 Å². The van der Waals surface area contributed by atoms with E-state index in [-0.39, 0.29) is 17.4 Å². The van der Waals surface area contributed by atoms with E-state index in [2.05, 4.69) is 21.2 Å². The first-order valence-corrected chi connectivity index (χ1v) is 11.3. The molecule has 1 atom stereocenters. The smallest absolute Gasteiger partial charge is 0.407 e. The molecule has 1 amide bonds. The molecule has 0 aliphatic heterocycles. The van der Waals surface area contributed by atoms with E-state index in [9.17, 15) is 25.0 Å². The minimum atomic E-state index is -0.627. The van der Waals surface area contributed by atoms with Crippen LogP contribution in [0.1, 0.15) is 31.9 Å². The Morgan fingerprint density at radius 2 is 1.39 bits per heavy atom. The molecule has 10 nitrogen and oxygen atoms in total. The number of nitrogens with one attached hydrogen (secondary N) is 1. The lowest BCUT2D eigenvalue weighted by Gasteiger charge is -2.28. The van der Waals surface area contributed by atoms with E-state index in [4.69, 9.17) is 4.74 Å². The van der Waals surface area contributed by atoms with E-state index in [1.165, 1.54) is 24.3 Å². The van der Waals surface area contributed by atoms with Crippen LogP contribution in [0, 0.1) is 20.2 Å². The Kier molecular flexibility index (Phi) is 9.30. The molecule has 0 bridgehead atoms. The second-order valence-corrected chi connectivity index (χ2v) is 9.16. The average molecular weight is 523 g/mol. The van der Waals surface area contributed by atoms with E-state index in [1.807, 2.05) is 4.90 Å². The fourth-order valence-corrected chi connectivity index (χ4v) is 3.43. The lowest BCUT2D eigenvalue weighted by molar-refractivity contribution is -0.385. The summed E-state index contributed by atoms with van der Waals surface area (Å²) in [5.74, 6) is 0. The number of halogens is 1. The summed E-state index contributed by atoms with van der Waals surface area (Å²) >= 11 is 3.43. The van der Waals surface area contributed by atoms with Crippen LogP contribution in [0.3, 0.4) is 0 Å². The number of carbonyl (C=O) groups excluding carboxylic acids is 1. The molecular weight excluding hydrogens is 496 g/mol. The third-order valence-electron chi connectivity index (χ3n) is 4.49. The van der Waals surface area contributed by atoms with Crippen molar-refractivity contribution in [3.05, 3.63) is 79.9 Å². The normalized spacial score (nSPS) is 12.3. The highest BCUT2D eigenvalue weighted by atomic mass is 79.9. The van der Waals surface area contributed by atoms with E-state index >= 15 is 0 Å². The predicted octanol–water partition coefficient (Wildman–Crippen LogP) is 4.79. The van der Waals surface area contributed by atoms with Crippen LogP contribution in [0.5, 0.6) is 0 Å². The number of alkyl halides is 1. The van der Waals surface area contributed by atoms with Gasteiger partial charge in [-0.05, 0) is 31.9 Å². The number of benzene rings is 2. The molecule has 1 N–H and O–H groups in total. The van der Waals surface area contributed by atoms with Gasteiger partial charge in [0, 0.05) is 49.2 Å². The molecular formula is C22H27BrN4O6. The Morgan fingerprint density at radius 3 is 1.73 bits per heavy atom. The fourth-order valence-electron chi connectivity index (χ4n) is 3.07. The first-order valence-electron chi connectivity index (χ1n) is 10.2. The molecule has 0 aromatic heterocycles. The molecule has 11 heteroatoms. The zero-order chi connectivity index (χ0) is 24.6. The van der Waals surface area contributed by atoms with Crippen molar-refractivity contribution in [2.45, 2.75) is 45.5 Å². The highest BCUT2D eigenvalue weighted by Crippen LogP contribution is 2.18. The van der Waals surface area contributed by atoms with E-state index in [1.54, 1.807) is 45.0 Å². The van der Waals surface area contributed by atoms with Gasteiger partial charge >= 0.3 is 6.09 Å². The number of non-ortho nitro benzene ring substituents is 2. The molecule has 0 saturated heterocycles. The van der Waals surface area contributed by atoms with Gasteiger partial charge in [-0.15, -0.1) is 0 Å². The van der Waals surface area contributed by atoms with Crippen LogP contribution < -0.4 is 5.32 Å². The van der Waals surface area contributed by atoms with E-state index < -0.39 is 21.5 Å². The summed E-state index contributed by atoms with van der Waals surface area (Å²) in [7, 11) is 0. The van der Waals surface area contributed by atoms with Gasteiger partial charge in [-0.2, -0.15) is 0 Å². The SMILES string of the molecule is CC(C)(C)OC(=O)NC(CBr)CN(Cc1ccc([N+](=O)[O-])cc1)Cc1ccc([N+](=O)[O-])cc1. The number of rotatable bonds is 10. The molecule has 0 aliphatic carbocycles. The zero-order valence-electron chi connectivity index (χ0n) is 18.7. The molecule has 0 fully saturated rings. The molecule has 2 aromatic rings. The van der Waals surface area contributed by atoms with Gasteiger partial charge < -0.3 is 10.1 Å². The Balaban J connectivity index is 2.18. The van der Waals surface area contributed by atoms with Crippen molar-refractivity contribution in [2.24, 2.45) is 0 Å². The average Bonchev–Trinajstić information content (AvgIpc) is 2.72. The molecule has 2 rings (SSSR count). The minimum Gasteiger partial charge on any atom is -0.444 e. The van der Waals surface area contributed by atoms with Crippen molar-refractivity contribution in [2.75, 3.05) is 11.9 Å². The Morgan fingerprint density at radius 1 is 0.970 bits per heavy atom. The topological polar surface area (TPSA) is 128 Å². The second kappa shape index (κ2) is 11.7. The Labute approximate surface area is 200 Å². The van der Waals surface area contributed by atoms with Gasteiger partial charge in [0.05, 0.1) is 15.9 Å². The number of hydrogen-bond donors (Lipinski definition) is 1. The predicted molar refractivity (Wildman–Crippen MR) is 127 cm³/mol. The van der Waals surface area contributed by atoms with E-state index in [0.717, 1.165) is 11.1 Å². The van der Waals surface area contributed by atoms with Gasteiger partial charge in [0.2, 0.25) is 0 Å². The van der Waals surface area contributed by atoms with Crippen LogP contribution in [0.15, 0.2) is 48.5 Å². The highest BCUT2D eigenvalue weighted by molar-refractivity contribution is 9.09. The van der Waals surface area contributed by atoms with Crippen LogP contribution in [0.2, 0.25) is 0 Å². The zero-order valence-corrected chi connectivity index (χ0v) is 20.3. The maximum absolute atomic E-state index is 12.2. The van der Waals surface area contributed by atoms with Gasteiger partial charge in [-0.3, -0.25) is 25.1 Å². The largest absolute Gasteiger partial charge is 0.444 e. The molecule has 0 saturated carbocycles. The number of carbonyl (C=O) groups is 1. The number of amides is 1. The Bertz CT molecular complexity index is 901. The third-order valence-corrected chi connectivity index (χ3v) is 5.27. The summed E-state index contributed by atoms with van der Waals surface area (Å²) in [5.41, 5.74) is 1.09. The fraction of sp³-hybridized carbons (Fsp3) is 0.409. The molecule has 0 spiro atoms. The van der Waals surface area contributed by atoms with Crippen LogP contribution in [0.4, 0.5) is 16.2 Å². The summed E-state index contributed by atoms with van der Waals surface area (Å²) in [6.45, 7) is 6.70. The van der Waals surface area contributed by atoms with Gasteiger partial charge in [-0.1, -0.05) is 40.2 Å².